The maximum atomic E-state index is 9.59. The van der Waals surface area contributed by atoms with Crippen LogP contribution in [0.1, 0.15) is 5.56 Å². The zero-order chi connectivity index (χ0) is 26.6. The predicted octanol–water partition coefficient (Wildman–Crippen LogP) is 9.28. The first-order valence-corrected chi connectivity index (χ1v) is 13.2. The SMILES string of the molecule is N#Cc1cccnc1-c1cccc(-c2cccc(-n3c4ccccc4c4c5oc6ccccc6c5ccc43)c2)c1. The number of hydrogen-bond donors (Lipinski definition) is 0. The molecule has 8 rings (SSSR count). The lowest BCUT2D eigenvalue weighted by Crippen LogP contribution is -1.94. The molecule has 0 atom stereocenters. The molecule has 0 aliphatic carbocycles. The number of rotatable bonds is 3. The van der Waals surface area contributed by atoms with Crippen molar-refractivity contribution < 1.29 is 4.42 Å². The quantitative estimate of drug-likeness (QED) is 0.237. The van der Waals surface area contributed by atoms with Crippen molar-refractivity contribution in [3.63, 3.8) is 0 Å². The maximum absolute atomic E-state index is 9.59. The molecule has 0 fully saturated rings. The molecule has 4 nitrogen and oxygen atoms in total. The minimum absolute atomic E-state index is 0.565. The first-order valence-electron chi connectivity index (χ1n) is 13.2. The summed E-state index contributed by atoms with van der Waals surface area (Å²) in [5.41, 5.74) is 9.45. The minimum Gasteiger partial charge on any atom is -0.455 e. The Labute approximate surface area is 230 Å². The average molecular weight is 512 g/mol. The van der Waals surface area contributed by atoms with E-state index in [1.807, 2.05) is 24.3 Å². The van der Waals surface area contributed by atoms with Crippen molar-refractivity contribution in [2.24, 2.45) is 0 Å². The van der Waals surface area contributed by atoms with Gasteiger partial charge in [-0.1, -0.05) is 66.7 Å². The first kappa shape index (κ1) is 22.3. The van der Waals surface area contributed by atoms with Gasteiger partial charge in [0.15, 0.2) is 0 Å². The molecule has 0 N–H and O–H groups in total. The highest BCUT2D eigenvalue weighted by Gasteiger charge is 2.18. The molecule has 0 aliphatic rings. The zero-order valence-electron chi connectivity index (χ0n) is 21.4. The Bertz CT molecular complexity index is 2300. The van der Waals surface area contributed by atoms with Crippen LogP contribution in [0.25, 0.3) is 71.8 Å². The summed E-state index contributed by atoms with van der Waals surface area (Å²) in [5, 5.41) is 14.1. The number of hydrogen-bond acceptors (Lipinski definition) is 3. The van der Waals surface area contributed by atoms with E-state index < -0.39 is 0 Å². The molecule has 40 heavy (non-hydrogen) atoms. The second kappa shape index (κ2) is 8.69. The van der Waals surface area contributed by atoms with Gasteiger partial charge < -0.3 is 8.98 Å². The van der Waals surface area contributed by atoms with Crippen molar-refractivity contribution in [1.82, 2.24) is 9.55 Å². The second-order valence-electron chi connectivity index (χ2n) is 9.93. The predicted molar refractivity (Wildman–Crippen MR) is 161 cm³/mol. The normalized spacial score (nSPS) is 11.5. The Morgan fingerprint density at radius 1 is 0.625 bits per heavy atom. The van der Waals surface area contributed by atoms with E-state index >= 15 is 0 Å². The van der Waals surface area contributed by atoms with Gasteiger partial charge in [0.25, 0.3) is 0 Å². The van der Waals surface area contributed by atoms with E-state index in [1.54, 1.807) is 18.3 Å². The fraction of sp³-hybridized carbons (Fsp3) is 0. The fourth-order valence-corrected chi connectivity index (χ4v) is 5.91. The van der Waals surface area contributed by atoms with Gasteiger partial charge in [0, 0.05) is 33.6 Å². The van der Waals surface area contributed by atoms with Crippen LogP contribution in [-0.2, 0) is 0 Å². The highest BCUT2D eigenvalue weighted by Crippen LogP contribution is 2.40. The summed E-state index contributed by atoms with van der Waals surface area (Å²) < 4.78 is 8.76. The summed E-state index contributed by atoms with van der Waals surface area (Å²) in [5.74, 6) is 0. The molecule has 5 aromatic carbocycles. The number of furan rings is 1. The third kappa shape index (κ3) is 3.28. The minimum atomic E-state index is 0.565. The molecule has 186 valence electrons. The third-order valence-electron chi connectivity index (χ3n) is 7.68. The van der Waals surface area contributed by atoms with Crippen molar-refractivity contribution in [3.05, 3.63) is 133 Å². The fourth-order valence-electron chi connectivity index (χ4n) is 5.91. The van der Waals surface area contributed by atoms with Gasteiger partial charge in [-0.2, -0.15) is 5.26 Å². The van der Waals surface area contributed by atoms with Gasteiger partial charge in [-0.3, -0.25) is 4.98 Å². The number of nitriles is 1. The van der Waals surface area contributed by atoms with Gasteiger partial charge in [-0.25, -0.2) is 0 Å². The molecule has 0 radical (unpaired) electrons. The number of para-hydroxylation sites is 2. The lowest BCUT2D eigenvalue weighted by molar-refractivity contribution is 0.673. The average Bonchev–Trinajstić information content (AvgIpc) is 3.57. The van der Waals surface area contributed by atoms with Crippen LogP contribution in [0.15, 0.2) is 132 Å². The van der Waals surface area contributed by atoms with Gasteiger partial charge in [0.05, 0.1) is 27.7 Å². The molecule has 0 saturated heterocycles. The standard InChI is InChI=1S/C36H21N3O/c37-22-26-11-7-19-38-35(26)25-10-5-8-23(20-25)24-9-6-12-27(21-24)39-31-15-3-1-14-30(31)34-32(39)18-17-29-28-13-2-4-16-33(28)40-36(29)34/h1-21H. The van der Waals surface area contributed by atoms with Gasteiger partial charge in [0.1, 0.15) is 17.2 Å². The van der Waals surface area contributed by atoms with Gasteiger partial charge in [-0.15, -0.1) is 0 Å². The van der Waals surface area contributed by atoms with E-state index in [2.05, 4.69) is 101 Å². The Morgan fingerprint density at radius 2 is 1.40 bits per heavy atom. The van der Waals surface area contributed by atoms with Crippen molar-refractivity contribution in [2.75, 3.05) is 0 Å². The molecule has 0 saturated carbocycles. The van der Waals surface area contributed by atoms with Gasteiger partial charge >= 0.3 is 0 Å². The van der Waals surface area contributed by atoms with E-state index in [9.17, 15) is 5.26 Å². The molecule has 0 amide bonds. The molecule has 3 aromatic heterocycles. The Kier molecular flexibility index (Phi) is 4.85. The summed E-state index contributed by atoms with van der Waals surface area (Å²) >= 11 is 0. The summed E-state index contributed by atoms with van der Waals surface area (Å²) in [4.78, 5) is 4.49. The Balaban J connectivity index is 1.34. The summed E-state index contributed by atoms with van der Waals surface area (Å²) in [6, 6.07) is 43.8. The number of pyridine rings is 1. The van der Waals surface area contributed by atoms with E-state index in [1.165, 1.54) is 0 Å². The molecule has 3 heterocycles. The molecule has 0 aliphatic heterocycles. The molecular formula is C36H21N3O. The largest absolute Gasteiger partial charge is 0.455 e. The molecule has 0 spiro atoms. The van der Waals surface area contributed by atoms with Crippen molar-refractivity contribution in [1.29, 1.82) is 5.26 Å². The smallest absolute Gasteiger partial charge is 0.145 e. The number of fused-ring (bicyclic) bond motifs is 7. The van der Waals surface area contributed by atoms with Crippen LogP contribution in [0.2, 0.25) is 0 Å². The zero-order valence-corrected chi connectivity index (χ0v) is 21.4. The van der Waals surface area contributed by atoms with Crippen molar-refractivity contribution in [2.45, 2.75) is 0 Å². The van der Waals surface area contributed by atoms with Gasteiger partial charge in [-0.05, 0) is 65.7 Å². The maximum Gasteiger partial charge on any atom is 0.145 e. The van der Waals surface area contributed by atoms with Crippen molar-refractivity contribution in [3.8, 4) is 34.1 Å². The van der Waals surface area contributed by atoms with Crippen molar-refractivity contribution >= 4 is 43.7 Å². The Morgan fingerprint density at radius 3 is 2.30 bits per heavy atom. The monoisotopic (exact) mass is 511 g/mol. The molecular weight excluding hydrogens is 490 g/mol. The first-order chi connectivity index (χ1) is 19.8. The van der Waals surface area contributed by atoms with Crippen LogP contribution < -0.4 is 0 Å². The lowest BCUT2D eigenvalue weighted by Gasteiger charge is -2.11. The highest BCUT2D eigenvalue weighted by molar-refractivity contribution is 6.23. The van der Waals surface area contributed by atoms with E-state index in [0.29, 0.717) is 11.3 Å². The lowest BCUT2D eigenvalue weighted by atomic mass is 9.99. The van der Waals surface area contributed by atoms with Crippen LogP contribution in [-0.4, -0.2) is 9.55 Å². The Hall–Kier alpha value is -5.66. The van der Waals surface area contributed by atoms with E-state index in [0.717, 1.165) is 66.1 Å². The summed E-state index contributed by atoms with van der Waals surface area (Å²) in [6.07, 6.45) is 1.73. The van der Waals surface area contributed by atoms with Crippen LogP contribution in [0.5, 0.6) is 0 Å². The van der Waals surface area contributed by atoms with Crippen LogP contribution in [0.3, 0.4) is 0 Å². The topological polar surface area (TPSA) is 54.8 Å². The van der Waals surface area contributed by atoms with E-state index in [4.69, 9.17) is 4.42 Å². The summed E-state index contributed by atoms with van der Waals surface area (Å²) in [6.45, 7) is 0. The van der Waals surface area contributed by atoms with Crippen LogP contribution in [0.4, 0.5) is 0 Å². The second-order valence-corrected chi connectivity index (χ2v) is 9.93. The third-order valence-corrected chi connectivity index (χ3v) is 7.68. The molecule has 4 heteroatoms. The van der Waals surface area contributed by atoms with Crippen LogP contribution in [0, 0.1) is 11.3 Å². The highest BCUT2D eigenvalue weighted by atomic mass is 16.3. The number of benzene rings is 5. The molecule has 0 bridgehead atoms. The summed E-state index contributed by atoms with van der Waals surface area (Å²) in [7, 11) is 0. The van der Waals surface area contributed by atoms with Gasteiger partial charge in [0.2, 0.25) is 0 Å². The number of aromatic nitrogens is 2. The molecule has 0 unspecified atom stereocenters. The van der Waals surface area contributed by atoms with Crippen LogP contribution >= 0.6 is 0 Å². The molecule has 8 aromatic rings. The number of nitrogens with zero attached hydrogens (tertiary/aromatic N) is 3. The van der Waals surface area contributed by atoms with E-state index in [-0.39, 0.29) is 0 Å².